The third kappa shape index (κ3) is 4.93. The number of hydrogen-bond donors (Lipinski definition) is 1. The predicted octanol–water partition coefficient (Wildman–Crippen LogP) is 4.08. The highest BCUT2D eigenvalue weighted by Gasteiger charge is 2.70. The van der Waals surface area contributed by atoms with Gasteiger partial charge in [-0.15, -0.1) is 0 Å². The molecule has 0 unspecified atom stereocenters. The summed E-state index contributed by atoms with van der Waals surface area (Å²) >= 11 is 0. The number of benzene rings is 1. The first-order valence-corrected chi connectivity index (χ1v) is 12.4. The van der Waals surface area contributed by atoms with E-state index in [2.05, 4.69) is 5.10 Å². The summed E-state index contributed by atoms with van der Waals surface area (Å²) < 4.78 is 148. The van der Waals surface area contributed by atoms with E-state index in [4.69, 9.17) is 0 Å². The van der Waals surface area contributed by atoms with Crippen molar-refractivity contribution in [1.82, 2.24) is 14.7 Å². The van der Waals surface area contributed by atoms with Gasteiger partial charge in [0.05, 0.1) is 33.2 Å². The minimum absolute atomic E-state index is 0.217. The zero-order valence-corrected chi connectivity index (χ0v) is 19.9. The van der Waals surface area contributed by atoms with Crippen LogP contribution in [0.1, 0.15) is 30.4 Å². The monoisotopic (exact) mass is 593 g/mol. The number of likely N-dealkylation sites (tertiary alicyclic amines) is 1. The standard InChI is InChI=1S/C21H16F9N3O5S/c22-19(23,24)10-7-31-33(8-10)11-1-2-15(13(5-11)20(25,26)27)39(37,38)12-6-14(16(34)35)32(9-12)17(36)18(3-4-18)21(28,29)30/h1-2,5,7-8,12,14H,3-4,6,9H2,(H,34,35)/t12-,14+/m1/s1. The third-order valence-electron chi connectivity index (χ3n) is 6.70. The lowest BCUT2D eigenvalue weighted by Gasteiger charge is -2.28. The van der Waals surface area contributed by atoms with Crippen LogP contribution in [-0.2, 0) is 31.8 Å². The van der Waals surface area contributed by atoms with Gasteiger partial charge in [0.2, 0.25) is 5.91 Å². The Labute approximate surface area is 212 Å². The van der Waals surface area contributed by atoms with Crippen LogP contribution in [-0.4, -0.2) is 64.1 Å². The second kappa shape index (κ2) is 8.85. The lowest BCUT2D eigenvalue weighted by atomic mass is 10.0. The lowest BCUT2D eigenvalue weighted by Crippen LogP contribution is -2.48. The molecule has 1 aromatic carbocycles. The molecule has 1 saturated heterocycles. The van der Waals surface area contributed by atoms with Crippen LogP contribution in [0.25, 0.3) is 5.69 Å². The topological polar surface area (TPSA) is 110 Å². The smallest absolute Gasteiger partial charge is 0.419 e. The van der Waals surface area contributed by atoms with Gasteiger partial charge in [0.1, 0.15) is 11.5 Å². The van der Waals surface area contributed by atoms with Crippen LogP contribution in [0.2, 0.25) is 0 Å². The fraction of sp³-hybridized carbons (Fsp3) is 0.476. The van der Waals surface area contributed by atoms with Crippen LogP contribution in [0.4, 0.5) is 39.5 Å². The Balaban J connectivity index is 1.72. The van der Waals surface area contributed by atoms with Gasteiger partial charge >= 0.3 is 24.5 Å². The highest BCUT2D eigenvalue weighted by molar-refractivity contribution is 7.92. The molecular formula is C21H16F9N3O5S. The molecule has 1 aliphatic heterocycles. The molecule has 2 aliphatic rings. The molecule has 1 saturated carbocycles. The Morgan fingerprint density at radius 2 is 1.62 bits per heavy atom. The number of halogens is 9. The number of aromatic nitrogens is 2. The van der Waals surface area contributed by atoms with Gasteiger partial charge in [0.15, 0.2) is 9.84 Å². The van der Waals surface area contributed by atoms with Crippen molar-refractivity contribution in [2.24, 2.45) is 5.41 Å². The molecule has 0 bridgehead atoms. The maximum absolute atomic E-state index is 13.9. The number of carboxylic acids is 1. The van der Waals surface area contributed by atoms with Gasteiger partial charge < -0.3 is 10.0 Å². The number of aliphatic carboxylic acids is 1. The van der Waals surface area contributed by atoms with Gasteiger partial charge in [0, 0.05) is 12.7 Å². The first-order chi connectivity index (χ1) is 17.7. The van der Waals surface area contributed by atoms with Crippen molar-refractivity contribution >= 4 is 21.7 Å². The zero-order chi connectivity index (χ0) is 29.3. The molecule has 1 aromatic heterocycles. The van der Waals surface area contributed by atoms with Crippen LogP contribution in [0.3, 0.4) is 0 Å². The quantitative estimate of drug-likeness (QED) is 0.524. The van der Waals surface area contributed by atoms with Crippen LogP contribution >= 0.6 is 0 Å². The van der Waals surface area contributed by atoms with Gasteiger partial charge in [-0.25, -0.2) is 17.9 Å². The lowest BCUT2D eigenvalue weighted by molar-refractivity contribution is -0.199. The summed E-state index contributed by atoms with van der Waals surface area (Å²) in [4.78, 5) is 23.2. The average molecular weight is 593 g/mol. The number of hydrogen-bond acceptors (Lipinski definition) is 5. The van der Waals surface area contributed by atoms with Crippen molar-refractivity contribution in [3.63, 3.8) is 0 Å². The maximum Gasteiger partial charge on any atom is 0.419 e. The SMILES string of the molecule is O=C(O)[C@@H]1C[C@@H](S(=O)(=O)c2ccc(-n3cc(C(F)(F)F)cn3)cc2C(F)(F)F)CN1C(=O)C1(C(F)(F)F)CC1. The minimum atomic E-state index is -5.38. The van der Waals surface area contributed by atoms with E-state index in [-0.39, 0.29) is 11.0 Å². The van der Waals surface area contributed by atoms with Crippen molar-refractivity contribution in [1.29, 1.82) is 0 Å². The average Bonchev–Trinajstić information content (AvgIpc) is 3.26. The van der Waals surface area contributed by atoms with Gasteiger partial charge in [-0.3, -0.25) is 4.79 Å². The molecule has 8 nitrogen and oxygen atoms in total. The van der Waals surface area contributed by atoms with Crippen LogP contribution < -0.4 is 0 Å². The first-order valence-electron chi connectivity index (χ1n) is 10.9. The molecule has 1 amide bonds. The van der Waals surface area contributed by atoms with E-state index in [1.807, 2.05) is 0 Å². The highest BCUT2D eigenvalue weighted by atomic mass is 32.2. The molecule has 4 rings (SSSR count). The Kier molecular flexibility index (Phi) is 6.51. The fourth-order valence-electron chi connectivity index (χ4n) is 4.42. The zero-order valence-electron chi connectivity index (χ0n) is 19.1. The normalized spacial score (nSPS) is 21.7. The Morgan fingerprint density at radius 1 is 1.00 bits per heavy atom. The number of rotatable bonds is 5. The molecule has 0 radical (unpaired) electrons. The second-order valence-electron chi connectivity index (χ2n) is 9.14. The van der Waals surface area contributed by atoms with E-state index in [1.54, 1.807) is 0 Å². The summed E-state index contributed by atoms with van der Waals surface area (Å²) in [6.07, 6.45) is -16.9. The van der Waals surface area contributed by atoms with Crippen molar-refractivity contribution in [2.75, 3.05) is 6.54 Å². The second-order valence-corrected chi connectivity index (χ2v) is 11.3. The van der Waals surface area contributed by atoms with E-state index in [9.17, 15) is 62.6 Å². The van der Waals surface area contributed by atoms with Gasteiger partial charge in [-0.1, -0.05) is 0 Å². The summed E-state index contributed by atoms with van der Waals surface area (Å²) in [6, 6.07) is -0.670. The number of carboxylic acid groups (broad SMARTS) is 1. The van der Waals surface area contributed by atoms with Crippen LogP contribution in [0, 0.1) is 5.41 Å². The third-order valence-corrected chi connectivity index (χ3v) is 8.89. The summed E-state index contributed by atoms with van der Waals surface area (Å²) in [5.74, 6) is -3.52. The molecule has 2 atom stereocenters. The molecule has 2 heterocycles. The summed E-state index contributed by atoms with van der Waals surface area (Å²) in [5.41, 5.74) is -6.61. The molecule has 1 N–H and O–H groups in total. The first kappa shape index (κ1) is 28.7. The molecule has 214 valence electrons. The minimum Gasteiger partial charge on any atom is -0.480 e. The van der Waals surface area contributed by atoms with Crippen LogP contribution in [0.5, 0.6) is 0 Å². The molecule has 1 aliphatic carbocycles. The summed E-state index contributed by atoms with van der Waals surface area (Å²) in [6.45, 7) is -1.11. The number of sulfone groups is 1. The fourth-order valence-corrected chi connectivity index (χ4v) is 6.31. The molecular weight excluding hydrogens is 577 g/mol. The van der Waals surface area contributed by atoms with Crippen molar-refractivity contribution in [2.45, 2.75) is 54.0 Å². The number of carbonyl (C=O) groups is 2. The number of amides is 1. The van der Waals surface area contributed by atoms with E-state index >= 15 is 0 Å². The van der Waals surface area contributed by atoms with E-state index in [0.717, 1.165) is 6.07 Å². The number of alkyl halides is 9. The predicted molar refractivity (Wildman–Crippen MR) is 110 cm³/mol. The Morgan fingerprint density at radius 3 is 2.08 bits per heavy atom. The van der Waals surface area contributed by atoms with Gasteiger partial charge in [-0.05, 0) is 37.5 Å². The number of nitrogens with zero attached hydrogens (tertiary/aromatic N) is 3. The van der Waals surface area contributed by atoms with Crippen molar-refractivity contribution < 1.29 is 62.6 Å². The Hall–Kier alpha value is -3.31. The van der Waals surface area contributed by atoms with E-state index < -0.39 is 104 Å². The molecule has 39 heavy (non-hydrogen) atoms. The maximum atomic E-state index is 13.9. The molecule has 2 aromatic rings. The summed E-state index contributed by atoms with van der Waals surface area (Å²) in [5, 5.41) is 10.8. The number of carbonyl (C=O) groups excluding carboxylic acids is 1. The van der Waals surface area contributed by atoms with Gasteiger partial charge in [0.25, 0.3) is 0 Å². The largest absolute Gasteiger partial charge is 0.480 e. The van der Waals surface area contributed by atoms with Crippen molar-refractivity contribution in [3.05, 3.63) is 41.7 Å². The van der Waals surface area contributed by atoms with E-state index in [0.29, 0.717) is 23.1 Å². The van der Waals surface area contributed by atoms with Crippen molar-refractivity contribution in [3.8, 4) is 5.69 Å². The summed E-state index contributed by atoms with van der Waals surface area (Å²) in [7, 11) is -5.13. The van der Waals surface area contributed by atoms with Crippen LogP contribution in [0.15, 0.2) is 35.5 Å². The van der Waals surface area contributed by atoms with Gasteiger partial charge in [-0.2, -0.15) is 44.6 Å². The Bertz CT molecular complexity index is 1430. The highest BCUT2D eigenvalue weighted by Crippen LogP contribution is 2.59. The molecule has 18 heteroatoms. The molecule has 2 fully saturated rings. The molecule has 0 spiro atoms. The van der Waals surface area contributed by atoms with E-state index in [1.165, 1.54) is 0 Å².